The fourth-order valence-electron chi connectivity index (χ4n) is 1.97. The Bertz CT molecular complexity index is 640. The highest BCUT2D eigenvalue weighted by Gasteiger charge is 2.15. The number of benzene rings is 1. The normalized spacial score (nSPS) is 11.7. The Hall–Kier alpha value is -2.83. The van der Waals surface area contributed by atoms with E-state index in [1.54, 1.807) is 35.1 Å². The first-order valence-electron chi connectivity index (χ1n) is 6.84. The third-order valence-electron chi connectivity index (χ3n) is 2.90. The van der Waals surface area contributed by atoms with Gasteiger partial charge in [0.2, 0.25) is 0 Å². The zero-order valence-corrected chi connectivity index (χ0v) is 12.2. The third kappa shape index (κ3) is 4.34. The first-order valence-corrected chi connectivity index (χ1v) is 6.84. The molecule has 0 radical (unpaired) electrons. The Morgan fingerprint density at radius 1 is 1.36 bits per heavy atom. The molecule has 2 rings (SSSR count). The highest BCUT2D eigenvalue weighted by molar-refractivity contribution is 5.97. The minimum absolute atomic E-state index is 0.114. The molecule has 22 heavy (non-hydrogen) atoms. The van der Waals surface area contributed by atoms with E-state index in [2.05, 4.69) is 10.4 Å². The molecule has 0 saturated carbocycles. The van der Waals surface area contributed by atoms with E-state index in [1.807, 2.05) is 19.2 Å². The van der Waals surface area contributed by atoms with E-state index in [0.717, 1.165) is 0 Å². The number of nitrogens with two attached hydrogens (primary N) is 1. The maximum atomic E-state index is 12.3. The van der Waals surface area contributed by atoms with Gasteiger partial charge in [-0.1, -0.05) is 12.1 Å². The van der Waals surface area contributed by atoms with Crippen molar-refractivity contribution >= 4 is 11.8 Å². The highest BCUT2D eigenvalue weighted by atomic mass is 16.5. The quantitative estimate of drug-likeness (QED) is 0.781. The summed E-state index contributed by atoms with van der Waals surface area (Å²) >= 11 is 0. The van der Waals surface area contributed by atoms with Gasteiger partial charge in [-0.15, -0.1) is 0 Å². The summed E-state index contributed by atoms with van der Waals surface area (Å²) in [4.78, 5) is 23.1. The number of ether oxygens (including phenoxy) is 1. The van der Waals surface area contributed by atoms with Crippen molar-refractivity contribution < 1.29 is 14.3 Å². The number of primary amides is 1. The molecule has 0 aliphatic carbocycles. The lowest BCUT2D eigenvalue weighted by atomic mass is 10.1. The number of nitrogens with zero attached hydrogens (tertiary/aromatic N) is 2. The lowest BCUT2D eigenvalue weighted by Crippen LogP contribution is -2.36. The van der Waals surface area contributed by atoms with Crippen molar-refractivity contribution in [1.29, 1.82) is 0 Å². The SMILES string of the molecule is CC(Cn1cccn1)NC(=O)c1ccccc1OCC(N)=O. The molecule has 0 spiro atoms. The molecule has 0 aliphatic rings. The predicted octanol–water partition coefficient (Wildman–Crippen LogP) is 0.566. The maximum absolute atomic E-state index is 12.3. The van der Waals surface area contributed by atoms with Crippen molar-refractivity contribution in [2.75, 3.05) is 6.61 Å². The van der Waals surface area contributed by atoms with Crippen molar-refractivity contribution in [3.05, 3.63) is 48.3 Å². The minimum atomic E-state index is -0.595. The Kier molecular flexibility index (Phi) is 5.13. The first kappa shape index (κ1) is 15.6. The Morgan fingerprint density at radius 3 is 2.82 bits per heavy atom. The van der Waals surface area contributed by atoms with Crippen LogP contribution in [0.25, 0.3) is 0 Å². The van der Waals surface area contributed by atoms with Crippen molar-refractivity contribution in [3.8, 4) is 5.75 Å². The minimum Gasteiger partial charge on any atom is -0.483 e. The summed E-state index contributed by atoms with van der Waals surface area (Å²) in [5.41, 5.74) is 5.41. The van der Waals surface area contributed by atoms with E-state index in [9.17, 15) is 9.59 Å². The van der Waals surface area contributed by atoms with E-state index in [4.69, 9.17) is 10.5 Å². The van der Waals surface area contributed by atoms with Gasteiger partial charge in [0.25, 0.3) is 11.8 Å². The van der Waals surface area contributed by atoms with Crippen LogP contribution in [0.2, 0.25) is 0 Å². The van der Waals surface area contributed by atoms with Gasteiger partial charge in [-0.3, -0.25) is 14.3 Å². The van der Waals surface area contributed by atoms with Crippen molar-refractivity contribution in [2.45, 2.75) is 19.5 Å². The lowest BCUT2D eigenvalue weighted by Gasteiger charge is -2.15. The average Bonchev–Trinajstić information content (AvgIpc) is 2.98. The lowest BCUT2D eigenvalue weighted by molar-refractivity contribution is -0.119. The summed E-state index contributed by atoms with van der Waals surface area (Å²) in [5, 5.41) is 6.96. The van der Waals surface area contributed by atoms with Crippen LogP contribution in [0.15, 0.2) is 42.7 Å². The van der Waals surface area contributed by atoms with Crippen LogP contribution in [0, 0.1) is 0 Å². The topological polar surface area (TPSA) is 99.2 Å². The summed E-state index contributed by atoms with van der Waals surface area (Å²) < 4.78 is 6.99. The molecule has 1 heterocycles. The average molecular weight is 302 g/mol. The second kappa shape index (κ2) is 7.26. The molecule has 116 valence electrons. The Balaban J connectivity index is 2.01. The standard InChI is InChI=1S/C15H18N4O3/c1-11(9-19-8-4-7-17-19)18-15(21)12-5-2-3-6-13(12)22-10-14(16)20/h2-8,11H,9-10H2,1H3,(H2,16,20)(H,18,21). The van der Waals surface area contributed by atoms with Crippen LogP contribution in [0.5, 0.6) is 5.75 Å². The van der Waals surface area contributed by atoms with Gasteiger partial charge in [0, 0.05) is 18.4 Å². The van der Waals surface area contributed by atoms with E-state index >= 15 is 0 Å². The Labute approximate surface area is 128 Å². The van der Waals surface area contributed by atoms with E-state index in [0.29, 0.717) is 17.9 Å². The first-order chi connectivity index (χ1) is 10.6. The van der Waals surface area contributed by atoms with Crippen LogP contribution in [-0.2, 0) is 11.3 Å². The second-order valence-electron chi connectivity index (χ2n) is 4.85. The molecule has 2 aromatic rings. The van der Waals surface area contributed by atoms with Crippen LogP contribution < -0.4 is 15.8 Å². The molecule has 0 aliphatic heterocycles. The fraction of sp³-hybridized carbons (Fsp3) is 0.267. The van der Waals surface area contributed by atoms with Crippen molar-refractivity contribution in [1.82, 2.24) is 15.1 Å². The molecule has 1 aromatic heterocycles. The van der Waals surface area contributed by atoms with Crippen LogP contribution >= 0.6 is 0 Å². The summed E-state index contributed by atoms with van der Waals surface area (Å²) in [7, 11) is 0. The van der Waals surface area contributed by atoms with Crippen molar-refractivity contribution in [2.24, 2.45) is 5.73 Å². The molecular weight excluding hydrogens is 284 g/mol. The summed E-state index contributed by atoms with van der Waals surface area (Å²) in [5.74, 6) is -0.549. The van der Waals surface area contributed by atoms with Gasteiger partial charge >= 0.3 is 0 Å². The molecule has 1 unspecified atom stereocenters. The van der Waals surface area contributed by atoms with Gasteiger partial charge in [0.1, 0.15) is 5.75 Å². The molecule has 7 nitrogen and oxygen atoms in total. The van der Waals surface area contributed by atoms with Gasteiger partial charge < -0.3 is 15.8 Å². The molecule has 0 bridgehead atoms. The van der Waals surface area contributed by atoms with Gasteiger partial charge in [0.15, 0.2) is 6.61 Å². The molecule has 2 amide bonds. The molecule has 1 aromatic carbocycles. The number of hydrogen-bond donors (Lipinski definition) is 2. The number of carbonyl (C=O) groups excluding carboxylic acids is 2. The zero-order chi connectivity index (χ0) is 15.9. The van der Waals surface area contributed by atoms with Crippen LogP contribution in [0.1, 0.15) is 17.3 Å². The second-order valence-corrected chi connectivity index (χ2v) is 4.85. The Morgan fingerprint density at radius 2 is 2.14 bits per heavy atom. The van der Waals surface area contributed by atoms with Gasteiger partial charge in [-0.05, 0) is 25.1 Å². The number of hydrogen-bond acceptors (Lipinski definition) is 4. The number of para-hydroxylation sites is 1. The van der Waals surface area contributed by atoms with Gasteiger partial charge in [-0.25, -0.2) is 0 Å². The highest BCUT2D eigenvalue weighted by Crippen LogP contribution is 2.17. The molecule has 3 N–H and O–H groups in total. The van der Waals surface area contributed by atoms with E-state index in [-0.39, 0.29) is 18.6 Å². The number of nitrogens with one attached hydrogen (secondary N) is 1. The van der Waals surface area contributed by atoms with E-state index < -0.39 is 5.91 Å². The fourth-order valence-corrected chi connectivity index (χ4v) is 1.97. The van der Waals surface area contributed by atoms with Crippen LogP contribution in [0.3, 0.4) is 0 Å². The molecule has 1 atom stereocenters. The van der Waals surface area contributed by atoms with Crippen LogP contribution in [-0.4, -0.2) is 34.2 Å². The van der Waals surface area contributed by atoms with Crippen LogP contribution in [0.4, 0.5) is 0 Å². The number of carbonyl (C=O) groups is 2. The van der Waals surface area contributed by atoms with Gasteiger partial charge in [-0.2, -0.15) is 5.10 Å². The zero-order valence-electron chi connectivity index (χ0n) is 12.2. The molecular formula is C15H18N4O3. The smallest absolute Gasteiger partial charge is 0.255 e. The van der Waals surface area contributed by atoms with E-state index in [1.165, 1.54) is 0 Å². The predicted molar refractivity (Wildman–Crippen MR) is 80.3 cm³/mol. The summed E-state index contributed by atoms with van der Waals surface area (Å²) in [6.07, 6.45) is 3.51. The maximum Gasteiger partial charge on any atom is 0.255 e. The molecule has 0 saturated heterocycles. The third-order valence-corrected chi connectivity index (χ3v) is 2.90. The molecule has 0 fully saturated rings. The number of rotatable bonds is 7. The largest absolute Gasteiger partial charge is 0.483 e. The number of amides is 2. The monoisotopic (exact) mass is 302 g/mol. The summed E-state index contributed by atoms with van der Waals surface area (Å²) in [6.45, 7) is 2.17. The van der Waals surface area contributed by atoms with Gasteiger partial charge in [0.05, 0.1) is 12.1 Å². The number of aromatic nitrogens is 2. The van der Waals surface area contributed by atoms with Crippen molar-refractivity contribution in [3.63, 3.8) is 0 Å². The molecule has 7 heteroatoms. The summed E-state index contributed by atoms with van der Waals surface area (Å²) in [6, 6.07) is 8.41.